The lowest BCUT2D eigenvalue weighted by atomic mass is 10.1. The summed E-state index contributed by atoms with van der Waals surface area (Å²) in [6.45, 7) is 5.41. The molecule has 0 bridgehead atoms. The number of amides is 2. The van der Waals surface area contributed by atoms with Crippen molar-refractivity contribution in [2.45, 2.75) is 32.7 Å². The molecule has 2 rings (SSSR count). The van der Waals surface area contributed by atoms with Gasteiger partial charge in [0.1, 0.15) is 0 Å². The van der Waals surface area contributed by atoms with Gasteiger partial charge in [-0.1, -0.05) is 26.0 Å². The van der Waals surface area contributed by atoms with Crippen molar-refractivity contribution in [1.82, 2.24) is 4.90 Å². The largest absolute Gasteiger partial charge is 0.469 e. The monoisotopic (exact) mass is 318 g/mol. The zero-order chi connectivity index (χ0) is 17.0. The molecule has 1 saturated heterocycles. The van der Waals surface area contributed by atoms with Crippen LogP contribution in [0.1, 0.15) is 25.8 Å². The molecule has 2 amide bonds. The van der Waals surface area contributed by atoms with E-state index in [2.05, 4.69) is 4.74 Å². The first-order valence-electron chi connectivity index (χ1n) is 7.78. The Bertz CT molecular complexity index is 593. The molecule has 0 radical (unpaired) electrons. The van der Waals surface area contributed by atoms with Gasteiger partial charge < -0.3 is 4.74 Å². The Labute approximate surface area is 136 Å². The lowest BCUT2D eigenvalue weighted by molar-refractivity contribution is -0.139. The van der Waals surface area contributed by atoms with E-state index in [1.54, 1.807) is 24.3 Å². The fourth-order valence-corrected chi connectivity index (χ4v) is 2.84. The first kappa shape index (κ1) is 17.1. The molecule has 6 nitrogen and oxygen atoms in total. The van der Waals surface area contributed by atoms with Crippen molar-refractivity contribution in [2.24, 2.45) is 0 Å². The number of esters is 1. The standard InChI is InChI=1S/C17H22N2O4/c1-4-18(5-2)14-11-15(20)19(17(14)22)13-8-6-12(7-9-13)10-16(21)23-3/h6-9,14H,4-5,10-11H2,1-3H3. The number of anilines is 1. The van der Waals surface area contributed by atoms with Gasteiger partial charge in [-0.05, 0) is 30.8 Å². The Morgan fingerprint density at radius 3 is 2.35 bits per heavy atom. The van der Waals surface area contributed by atoms with Gasteiger partial charge in [0.25, 0.3) is 5.91 Å². The van der Waals surface area contributed by atoms with Gasteiger partial charge in [0.05, 0.1) is 31.7 Å². The van der Waals surface area contributed by atoms with Crippen molar-refractivity contribution < 1.29 is 19.1 Å². The predicted molar refractivity (Wildman–Crippen MR) is 86.0 cm³/mol. The van der Waals surface area contributed by atoms with E-state index in [9.17, 15) is 14.4 Å². The SMILES string of the molecule is CCN(CC)C1CC(=O)N(c2ccc(CC(=O)OC)cc2)C1=O. The Hall–Kier alpha value is -2.21. The fraction of sp³-hybridized carbons (Fsp3) is 0.471. The number of hydrogen-bond donors (Lipinski definition) is 0. The molecule has 0 spiro atoms. The third kappa shape index (κ3) is 3.59. The highest BCUT2D eigenvalue weighted by atomic mass is 16.5. The molecule has 1 aliphatic heterocycles. The number of benzene rings is 1. The Kier molecular flexibility index (Phi) is 5.50. The minimum absolute atomic E-state index is 0.167. The summed E-state index contributed by atoms with van der Waals surface area (Å²) in [6.07, 6.45) is 0.380. The third-order valence-electron chi connectivity index (χ3n) is 4.15. The smallest absolute Gasteiger partial charge is 0.309 e. The average molecular weight is 318 g/mol. The van der Waals surface area contributed by atoms with Crippen LogP contribution in [-0.2, 0) is 25.5 Å². The van der Waals surface area contributed by atoms with E-state index < -0.39 is 0 Å². The van der Waals surface area contributed by atoms with Crippen LogP contribution in [0, 0.1) is 0 Å². The van der Waals surface area contributed by atoms with Crippen LogP contribution >= 0.6 is 0 Å². The lowest BCUT2D eigenvalue weighted by Gasteiger charge is -2.24. The molecule has 1 aromatic carbocycles. The zero-order valence-corrected chi connectivity index (χ0v) is 13.7. The summed E-state index contributed by atoms with van der Waals surface area (Å²) in [5.41, 5.74) is 1.32. The van der Waals surface area contributed by atoms with Gasteiger partial charge >= 0.3 is 5.97 Å². The summed E-state index contributed by atoms with van der Waals surface area (Å²) in [7, 11) is 1.34. The quantitative estimate of drug-likeness (QED) is 0.585. The summed E-state index contributed by atoms with van der Waals surface area (Å²) in [6, 6.07) is 6.47. The van der Waals surface area contributed by atoms with Gasteiger partial charge in [0.2, 0.25) is 5.91 Å². The van der Waals surface area contributed by atoms with Crippen molar-refractivity contribution in [2.75, 3.05) is 25.1 Å². The van der Waals surface area contributed by atoms with Crippen molar-refractivity contribution >= 4 is 23.5 Å². The molecule has 1 fully saturated rings. The predicted octanol–water partition coefficient (Wildman–Crippen LogP) is 1.38. The number of likely N-dealkylation sites (N-methyl/N-ethyl adjacent to an activating group) is 1. The van der Waals surface area contributed by atoms with E-state index in [4.69, 9.17) is 0 Å². The van der Waals surface area contributed by atoms with Crippen molar-refractivity contribution in [3.05, 3.63) is 29.8 Å². The molecule has 23 heavy (non-hydrogen) atoms. The highest BCUT2D eigenvalue weighted by Crippen LogP contribution is 2.26. The molecular weight excluding hydrogens is 296 g/mol. The number of carbonyl (C=O) groups excluding carboxylic acids is 3. The molecule has 1 heterocycles. The molecule has 0 N–H and O–H groups in total. The van der Waals surface area contributed by atoms with E-state index in [-0.39, 0.29) is 36.7 Å². The van der Waals surface area contributed by atoms with Crippen molar-refractivity contribution in [1.29, 1.82) is 0 Å². The fourth-order valence-electron chi connectivity index (χ4n) is 2.84. The van der Waals surface area contributed by atoms with E-state index >= 15 is 0 Å². The van der Waals surface area contributed by atoms with Crippen LogP contribution in [0.15, 0.2) is 24.3 Å². The van der Waals surface area contributed by atoms with Gasteiger partial charge in [-0.3, -0.25) is 19.3 Å². The zero-order valence-electron chi connectivity index (χ0n) is 13.7. The van der Waals surface area contributed by atoms with E-state index in [1.165, 1.54) is 12.0 Å². The second kappa shape index (κ2) is 7.37. The molecule has 0 aliphatic carbocycles. The number of imide groups is 1. The van der Waals surface area contributed by atoms with Gasteiger partial charge in [0.15, 0.2) is 0 Å². The summed E-state index contributed by atoms with van der Waals surface area (Å²) in [4.78, 5) is 39.3. The third-order valence-corrected chi connectivity index (χ3v) is 4.15. The summed E-state index contributed by atoms with van der Waals surface area (Å²) >= 11 is 0. The Balaban J connectivity index is 2.16. The molecule has 1 atom stereocenters. The van der Waals surface area contributed by atoms with Crippen LogP contribution in [0.25, 0.3) is 0 Å². The molecule has 1 aromatic rings. The van der Waals surface area contributed by atoms with Crippen LogP contribution < -0.4 is 4.90 Å². The normalized spacial score (nSPS) is 17.9. The Morgan fingerprint density at radius 1 is 1.22 bits per heavy atom. The van der Waals surface area contributed by atoms with Crippen molar-refractivity contribution in [3.8, 4) is 0 Å². The molecule has 6 heteroatoms. The second-order valence-corrected chi connectivity index (χ2v) is 5.43. The Morgan fingerprint density at radius 2 is 1.83 bits per heavy atom. The summed E-state index contributed by atoms with van der Waals surface area (Å²) in [5.74, 6) is -0.695. The van der Waals surface area contributed by atoms with Crippen LogP contribution in [-0.4, -0.2) is 48.9 Å². The lowest BCUT2D eigenvalue weighted by Crippen LogP contribution is -2.42. The topological polar surface area (TPSA) is 66.9 Å². The molecular formula is C17H22N2O4. The number of carbonyl (C=O) groups is 3. The van der Waals surface area contributed by atoms with E-state index in [1.807, 2.05) is 18.7 Å². The highest BCUT2D eigenvalue weighted by Gasteiger charge is 2.41. The molecule has 0 aromatic heterocycles. The minimum Gasteiger partial charge on any atom is -0.469 e. The van der Waals surface area contributed by atoms with Gasteiger partial charge in [-0.15, -0.1) is 0 Å². The molecule has 124 valence electrons. The maximum atomic E-state index is 12.6. The number of ether oxygens (including phenoxy) is 1. The van der Waals surface area contributed by atoms with Crippen molar-refractivity contribution in [3.63, 3.8) is 0 Å². The van der Waals surface area contributed by atoms with Crippen LogP contribution in [0.3, 0.4) is 0 Å². The number of nitrogens with zero attached hydrogens (tertiary/aromatic N) is 2. The first-order chi connectivity index (χ1) is 11.0. The van der Waals surface area contributed by atoms with Crippen LogP contribution in [0.2, 0.25) is 0 Å². The van der Waals surface area contributed by atoms with Gasteiger partial charge in [-0.25, -0.2) is 4.90 Å². The van der Waals surface area contributed by atoms with Gasteiger partial charge in [0, 0.05) is 0 Å². The number of hydrogen-bond acceptors (Lipinski definition) is 5. The van der Waals surface area contributed by atoms with E-state index in [0.717, 1.165) is 18.7 Å². The maximum absolute atomic E-state index is 12.6. The molecule has 0 saturated carbocycles. The van der Waals surface area contributed by atoms with Crippen LogP contribution in [0.5, 0.6) is 0 Å². The van der Waals surface area contributed by atoms with Gasteiger partial charge in [-0.2, -0.15) is 0 Å². The molecule has 1 aliphatic rings. The maximum Gasteiger partial charge on any atom is 0.309 e. The average Bonchev–Trinajstić information content (AvgIpc) is 2.84. The number of rotatable bonds is 6. The van der Waals surface area contributed by atoms with E-state index in [0.29, 0.717) is 5.69 Å². The van der Waals surface area contributed by atoms with Crippen LogP contribution in [0.4, 0.5) is 5.69 Å². The minimum atomic E-state index is -0.382. The summed E-state index contributed by atoms with van der Waals surface area (Å²) < 4.78 is 4.62. The highest BCUT2D eigenvalue weighted by molar-refractivity contribution is 6.22. The molecule has 1 unspecified atom stereocenters. The second-order valence-electron chi connectivity index (χ2n) is 5.43. The summed E-state index contributed by atoms with van der Waals surface area (Å²) in [5, 5.41) is 0. The first-order valence-corrected chi connectivity index (χ1v) is 7.78. The number of methoxy groups -OCH3 is 1.